The lowest BCUT2D eigenvalue weighted by Gasteiger charge is -2.27. The number of nitrogens with one attached hydrogen (secondary N) is 2. The minimum Gasteiger partial charge on any atom is -0.355 e. The Morgan fingerprint density at radius 2 is 2.06 bits per heavy atom. The number of hydrogen-bond acceptors (Lipinski definition) is 3. The number of rotatable bonds is 5. The summed E-state index contributed by atoms with van der Waals surface area (Å²) in [4.78, 5) is 14.4. The van der Waals surface area contributed by atoms with Crippen molar-refractivity contribution in [1.82, 2.24) is 15.5 Å². The predicted octanol–water partition coefficient (Wildman–Crippen LogP) is 1.12. The first-order valence-corrected chi connectivity index (χ1v) is 7.52. The molecule has 2 N–H and O–H groups in total. The van der Waals surface area contributed by atoms with Crippen LogP contribution in [0.4, 0.5) is 0 Å². The van der Waals surface area contributed by atoms with Gasteiger partial charge in [-0.05, 0) is 65.1 Å². The Morgan fingerprint density at radius 1 is 1.28 bits per heavy atom. The van der Waals surface area contributed by atoms with Gasteiger partial charge >= 0.3 is 0 Å². The van der Waals surface area contributed by atoms with Gasteiger partial charge in [0.05, 0.1) is 6.04 Å². The van der Waals surface area contributed by atoms with Crippen LogP contribution in [0.3, 0.4) is 0 Å². The maximum atomic E-state index is 12.0. The summed E-state index contributed by atoms with van der Waals surface area (Å²) in [7, 11) is 0. The highest BCUT2D eigenvalue weighted by Crippen LogP contribution is 2.12. The van der Waals surface area contributed by atoms with Crippen LogP contribution in [0, 0.1) is 0 Å². The molecule has 2 saturated heterocycles. The standard InChI is InChI=1S/C14H27N3O/c1-12-6-4-7-13(16-12)14(18)15-8-5-11-17-9-2-3-10-17/h12-13,16H,2-11H2,1H3,(H,15,18). The fourth-order valence-electron chi connectivity index (χ4n) is 2.99. The van der Waals surface area contributed by atoms with Gasteiger partial charge in [-0.3, -0.25) is 4.79 Å². The first kappa shape index (κ1) is 13.8. The highest BCUT2D eigenvalue weighted by atomic mass is 16.2. The summed E-state index contributed by atoms with van der Waals surface area (Å²) in [6, 6.07) is 0.527. The summed E-state index contributed by atoms with van der Waals surface area (Å²) in [5.74, 6) is 0.197. The van der Waals surface area contributed by atoms with Crippen LogP contribution in [0.1, 0.15) is 45.4 Å². The third-order valence-electron chi connectivity index (χ3n) is 4.08. The Kier molecular flexibility index (Phi) is 5.45. The van der Waals surface area contributed by atoms with E-state index in [0.717, 1.165) is 25.9 Å². The van der Waals surface area contributed by atoms with Crippen molar-refractivity contribution in [3.63, 3.8) is 0 Å². The molecule has 2 rings (SSSR count). The predicted molar refractivity (Wildman–Crippen MR) is 73.5 cm³/mol. The molecule has 2 aliphatic heterocycles. The second-order valence-corrected chi connectivity index (χ2v) is 5.74. The van der Waals surface area contributed by atoms with Crippen LogP contribution in [-0.2, 0) is 4.79 Å². The van der Waals surface area contributed by atoms with Gasteiger partial charge in [-0.15, -0.1) is 0 Å². The van der Waals surface area contributed by atoms with E-state index in [1.165, 1.54) is 38.8 Å². The molecular formula is C14H27N3O. The maximum absolute atomic E-state index is 12.0. The molecule has 0 aliphatic carbocycles. The zero-order valence-electron chi connectivity index (χ0n) is 11.6. The second kappa shape index (κ2) is 7.10. The molecule has 0 bridgehead atoms. The van der Waals surface area contributed by atoms with Gasteiger partial charge in [-0.2, -0.15) is 0 Å². The van der Waals surface area contributed by atoms with Crippen LogP contribution in [0.5, 0.6) is 0 Å². The number of hydrogen-bond donors (Lipinski definition) is 2. The molecule has 0 aromatic heterocycles. The molecule has 0 aromatic rings. The highest BCUT2D eigenvalue weighted by Gasteiger charge is 2.23. The van der Waals surface area contributed by atoms with Crippen molar-refractivity contribution in [2.45, 2.75) is 57.5 Å². The Morgan fingerprint density at radius 3 is 2.78 bits per heavy atom. The van der Waals surface area contributed by atoms with Crippen molar-refractivity contribution in [1.29, 1.82) is 0 Å². The van der Waals surface area contributed by atoms with Crippen molar-refractivity contribution in [3.05, 3.63) is 0 Å². The number of nitrogens with zero attached hydrogens (tertiary/aromatic N) is 1. The largest absolute Gasteiger partial charge is 0.355 e. The Bertz CT molecular complexity index is 264. The fourth-order valence-corrected chi connectivity index (χ4v) is 2.99. The fraction of sp³-hybridized carbons (Fsp3) is 0.929. The maximum Gasteiger partial charge on any atom is 0.237 e. The molecule has 0 spiro atoms. The number of carbonyl (C=O) groups excluding carboxylic acids is 1. The molecule has 2 aliphatic rings. The zero-order chi connectivity index (χ0) is 12.8. The SMILES string of the molecule is CC1CCCC(C(=O)NCCCN2CCCC2)N1. The van der Waals surface area contributed by atoms with Crippen molar-refractivity contribution in [2.24, 2.45) is 0 Å². The summed E-state index contributed by atoms with van der Waals surface area (Å²) in [6.07, 6.45) is 7.11. The van der Waals surface area contributed by atoms with Gasteiger partial charge in [0.2, 0.25) is 5.91 Å². The average molecular weight is 253 g/mol. The van der Waals surface area contributed by atoms with Crippen LogP contribution in [0.15, 0.2) is 0 Å². The molecule has 2 heterocycles. The zero-order valence-corrected chi connectivity index (χ0v) is 11.6. The molecule has 104 valence electrons. The van der Waals surface area contributed by atoms with Crippen LogP contribution < -0.4 is 10.6 Å². The number of piperidine rings is 1. The summed E-state index contributed by atoms with van der Waals surface area (Å²) < 4.78 is 0. The number of likely N-dealkylation sites (tertiary alicyclic amines) is 1. The van der Waals surface area contributed by atoms with E-state index in [1.807, 2.05) is 0 Å². The van der Waals surface area contributed by atoms with E-state index < -0.39 is 0 Å². The normalized spacial score (nSPS) is 29.4. The summed E-state index contributed by atoms with van der Waals surface area (Å²) in [5, 5.41) is 6.44. The summed E-state index contributed by atoms with van der Waals surface area (Å²) in [6.45, 7) is 6.61. The first-order valence-electron chi connectivity index (χ1n) is 7.52. The van der Waals surface area contributed by atoms with Gasteiger partial charge in [0.25, 0.3) is 0 Å². The molecule has 0 radical (unpaired) electrons. The van der Waals surface area contributed by atoms with E-state index in [2.05, 4.69) is 22.5 Å². The minimum absolute atomic E-state index is 0.0422. The third kappa shape index (κ3) is 4.25. The Balaban J connectivity index is 1.56. The first-order chi connectivity index (χ1) is 8.75. The van der Waals surface area contributed by atoms with E-state index in [4.69, 9.17) is 0 Å². The van der Waals surface area contributed by atoms with Crippen molar-refractivity contribution >= 4 is 5.91 Å². The monoisotopic (exact) mass is 253 g/mol. The molecular weight excluding hydrogens is 226 g/mol. The lowest BCUT2D eigenvalue weighted by atomic mass is 9.99. The lowest BCUT2D eigenvalue weighted by molar-refractivity contribution is -0.123. The molecule has 18 heavy (non-hydrogen) atoms. The van der Waals surface area contributed by atoms with Crippen molar-refractivity contribution < 1.29 is 4.79 Å². The Labute approximate surface area is 110 Å². The van der Waals surface area contributed by atoms with Gasteiger partial charge < -0.3 is 15.5 Å². The van der Waals surface area contributed by atoms with E-state index in [1.54, 1.807) is 0 Å². The number of carbonyl (C=O) groups is 1. The van der Waals surface area contributed by atoms with Gasteiger partial charge in [0.15, 0.2) is 0 Å². The molecule has 4 nitrogen and oxygen atoms in total. The van der Waals surface area contributed by atoms with Crippen molar-refractivity contribution in [3.8, 4) is 0 Å². The van der Waals surface area contributed by atoms with Gasteiger partial charge in [0, 0.05) is 12.6 Å². The van der Waals surface area contributed by atoms with Crippen LogP contribution >= 0.6 is 0 Å². The molecule has 1 amide bonds. The van der Waals surface area contributed by atoms with E-state index in [0.29, 0.717) is 6.04 Å². The minimum atomic E-state index is 0.0422. The van der Waals surface area contributed by atoms with Gasteiger partial charge in [0.1, 0.15) is 0 Å². The van der Waals surface area contributed by atoms with Crippen LogP contribution in [0.2, 0.25) is 0 Å². The highest BCUT2D eigenvalue weighted by molar-refractivity contribution is 5.81. The van der Waals surface area contributed by atoms with Gasteiger partial charge in [-0.25, -0.2) is 0 Å². The lowest BCUT2D eigenvalue weighted by Crippen LogP contribution is -2.50. The van der Waals surface area contributed by atoms with Crippen LogP contribution in [0.25, 0.3) is 0 Å². The van der Waals surface area contributed by atoms with Crippen molar-refractivity contribution in [2.75, 3.05) is 26.2 Å². The van der Waals surface area contributed by atoms with E-state index in [9.17, 15) is 4.79 Å². The van der Waals surface area contributed by atoms with Crippen LogP contribution in [-0.4, -0.2) is 49.1 Å². The molecule has 2 atom stereocenters. The molecule has 0 saturated carbocycles. The van der Waals surface area contributed by atoms with E-state index >= 15 is 0 Å². The molecule has 0 aromatic carbocycles. The molecule has 4 heteroatoms. The topological polar surface area (TPSA) is 44.4 Å². The molecule has 2 unspecified atom stereocenters. The second-order valence-electron chi connectivity index (χ2n) is 5.74. The quantitative estimate of drug-likeness (QED) is 0.722. The summed E-state index contributed by atoms with van der Waals surface area (Å²) in [5.41, 5.74) is 0. The Hall–Kier alpha value is -0.610. The third-order valence-corrected chi connectivity index (χ3v) is 4.08. The summed E-state index contributed by atoms with van der Waals surface area (Å²) >= 11 is 0. The van der Waals surface area contributed by atoms with Gasteiger partial charge in [-0.1, -0.05) is 0 Å². The van der Waals surface area contributed by atoms with E-state index in [-0.39, 0.29) is 11.9 Å². The smallest absolute Gasteiger partial charge is 0.237 e. The molecule has 2 fully saturated rings. The average Bonchev–Trinajstić information content (AvgIpc) is 2.87. The number of amides is 1.